The predicted octanol–water partition coefficient (Wildman–Crippen LogP) is 4.24. The molecule has 0 aliphatic rings. The van der Waals surface area contributed by atoms with Gasteiger partial charge in [0.05, 0.1) is 10.9 Å². The minimum atomic E-state index is -4.84. The van der Waals surface area contributed by atoms with Crippen LogP contribution in [0.5, 0.6) is 5.75 Å². The lowest BCUT2D eigenvalue weighted by Gasteiger charge is -2.18. The van der Waals surface area contributed by atoms with Crippen molar-refractivity contribution in [3.05, 3.63) is 98.7 Å². The zero-order valence-electron chi connectivity index (χ0n) is 18.9. The number of aliphatic hydroxyl groups excluding tert-OH is 1. The van der Waals surface area contributed by atoms with Gasteiger partial charge >= 0.3 is 12.1 Å². The second-order valence-corrected chi connectivity index (χ2v) is 8.10. The lowest BCUT2D eigenvalue weighted by molar-refractivity contribution is -0.274. The first-order valence-corrected chi connectivity index (χ1v) is 11.0. The number of aryl methyl sites for hydroxylation is 1. The lowest BCUT2D eigenvalue weighted by Crippen LogP contribution is -2.39. The van der Waals surface area contributed by atoms with E-state index in [0.717, 1.165) is 10.1 Å². The highest BCUT2D eigenvalue weighted by Gasteiger charge is 2.31. The van der Waals surface area contributed by atoms with Gasteiger partial charge in [-0.3, -0.25) is 13.9 Å². The number of alkyl halides is 3. The molecule has 3 aromatic carbocycles. The van der Waals surface area contributed by atoms with E-state index in [9.17, 15) is 27.9 Å². The SMILES string of the molecule is Cn1c(=O)n(CCCO)c(=O)c2c(Cc3ccccc3)c(-c3cccc(OC(F)(F)F)c3)ccc21. The van der Waals surface area contributed by atoms with Crippen LogP contribution >= 0.6 is 0 Å². The third kappa shape index (κ3) is 5.14. The van der Waals surface area contributed by atoms with Crippen LogP contribution in [0.3, 0.4) is 0 Å². The first-order valence-electron chi connectivity index (χ1n) is 11.0. The molecule has 0 bridgehead atoms. The van der Waals surface area contributed by atoms with Crippen molar-refractivity contribution in [3.63, 3.8) is 0 Å². The molecule has 4 rings (SSSR count). The average Bonchev–Trinajstić information content (AvgIpc) is 2.82. The Morgan fingerprint density at radius 3 is 2.40 bits per heavy atom. The van der Waals surface area contributed by atoms with Gasteiger partial charge in [0.15, 0.2) is 0 Å². The Bertz CT molecular complexity index is 1470. The average molecular weight is 484 g/mol. The van der Waals surface area contributed by atoms with Crippen LogP contribution in [-0.4, -0.2) is 27.2 Å². The minimum absolute atomic E-state index is 0.0435. The molecule has 9 heteroatoms. The Labute approximate surface area is 198 Å². The molecule has 0 radical (unpaired) electrons. The van der Waals surface area contributed by atoms with Gasteiger partial charge in [-0.05, 0) is 53.3 Å². The summed E-state index contributed by atoms with van der Waals surface area (Å²) in [7, 11) is 1.56. The topological polar surface area (TPSA) is 73.5 Å². The Kier molecular flexibility index (Phi) is 6.79. The summed E-state index contributed by atoms with van der Waals surface area (Å²) in [6.07, 6.45) is -4.30. The van der Waals surface area contributed by atoms with Crippen LogP contribution in [0, 0.1) is 0 Å². The third-order valence-corrected chi connectivity index (χ3v) is 5.77. The molecule has 0 aliphatic heterocycles. The molecular weight excluding hydrogens is 461 g/mol. The number of aromatic nitrogens is 2. The second kappa shape index (κ2) is 9.79. The summed E-state index contributed by atoms with van der Waals surface area (Å²) in [6, 6.07) is 18.2. The largest absolute Gasteiger partial charge is 0.573 e. The quantitative estimate of drug-likeness (QED) is 0.426. The fourth-order valence-electron chi connectivity index (χ4n) is 4.20. The number of rotatable bonds is 7. The molecule has 0 amide bonds. The van der Waals surface area contributed by atoms with E-state index in [4.69, 9.17) is 0 Å². The zero-order valence-corrected chi connectivity index (χ0v) is 18.9. The Morgan fingerprint density at radius 1 is 0.971 bits per heavy atom. The molecule has 0 atom stereocenters. The maximum atomic E-state index is 13.6. The highest BCUT2D eigenvalue weighted by atomic mass is 19.4. The summed E-state index contributed by atoms with van der Waals surface area (Å²) in [5.41, 5.74) is 1.86. The van der Waals surface area contributed by atoms with Gasteiger partial charge in [-0.2, -0.15) is 0 Å². The summed E-state index contributed by atoms with van der Waals surface area (Å²) in [5.74, 6) is -0.374. The maximum absolute atomic E-state index is 13.6. The van der Waals surface area contributed by atoms with E-state index < -0.39 is 17.6 Å². The number of hydrogen-bond acceptors (Lipinski definition) is 4. The number of halogens is 3. The van der Waals surface area contributed by atoms with Crippen molar-refractivity contribution in [1.29, 1.82) is 0 Å². The molecule has 182 valence electrons. The van der Waals surface area contributed by atoms with Crippen LogP contribution in [0.4, 0.5) is 13.2 Å². The Morgan fingerprint density at radius 2 is 1.71 bits per heavy atom. The zero-order chi connectivity index (χ0) is 25.2. The van der Waals surface area contributed by atoms with Crippen molar-refractivity contribution in [2.75, 3.05) is 6.61 Å². The molecule has 0 aliphatic carbocycles. The van der Waals surface area contributed by atoms with Crippen molar-refractivity contribution in [2.45, 2.75) is 25.7 Å². The van der Waals surface area contributed by atoms with Crippen LogP contribution in [0.2, 0.25) is 0 Å². The summed E-state index contributed by atoms with van der Waals surface area (Å²) >= 11 is 0. The van der Waals surface area contributed by atoms with Crippen molar-refractivity contribution >= 4 is 10.9 Å². The van der Waals surface area contributed by atoms with Crippen molar-refractivity contribution in [2.24, 2.45) is 7.05 Å². The second-order valence-electron chi connectivity index (χ2n) is 8.10. The predicted molar refractivity (Wildman–Crippen MR) is 127 cm³/mol. The van der Waals surface area contributed by atoms with Crippen LogP contribution in [0.25, 0.3) is 22.0 Å². The molecule has 0 saturated heterocycles. The van der Waals surface area contributed by atoms with Gasteiger partial charge in [0, 0.05) is 20.2 Å². The van der Waals surface area contributed by atoms with Crippen LogP contribution < -0.4 is 16.0 Å². The van der Waals surface area contributed by atoms with Gasteiger partial charge in [-0.15, -0.1) is 13.2 Å². The van der Waals surface area contributed by atoms with E-state index in [2.05, 4.69) is 4.74 Å². The van der Waals surface area contributed by atoms with E-state index in [0.29, 0.717) is 34.0 Å². The Balaban J connectivity index is 2.01. The number of ether oxygens (including phenoxy) is 1. The first-order chi connectivity index (χ1) is 16.7. The van der Waals surface area contributed by atoms with Crippen molar-refractivity contribution in [3.8, 4) is 16.9 Å². The Hall–Kier alpha value is -3.85. The van der Waals surface area contributed by atoms with E-state index >= 15 is 0 Å². The van der Waals surface area contributed by atoms with Crippen LogP contribution in [0.1, 0.15) is 17.5 Å². The number of aliphatic hydroxyl groups is 1. The van der Waals surface area contributed by atoms with Crippen LogP contribution in [-0.2, 0) is 20.0 Å². The fourth-order valence-corrected chi connectivity index (χ4v) is 4.20. The smallest absolute Gasteiger partial charge is 0.406 e. The fraction of sp³-hybridized carbons (Fsp3) is 0.231. The van der Waals surface area contributed by atoms with E-state index in [-0.39, 0.29) is 25.3 Å². The lowest BCUT2D eigenvalue weighted by atomic mass is 9.91. The van der Waals surface area contributed by atoms with E-state index in [1.807, 2.05) is 30.3 Å². The minimum Gasteiger partial charge on any atom is -0.406 e. The molecule has 6 nitrogen and oxygen atoms in total. The molecule has 1 aromatic heterocycles. The number of fused-ring (bicyclic) bond motifs is 1. The molecule has 0 spiro atoms. The normalized spacial score (nSPS) is 11.7. The number of benzene rings is 3. The third-order valence-electron chi connectivity index (χ3n) is 5.77. The summed E-state index contributed by atoms with van der Waals surface area (Å²) in [4.78, 5) is 26.4. The summed E-state index contributed by atoms with van der Waals surface area (Å²) in [5, 5.41) is 9.52. The summed E-state index contributed by atoms with van der Waals surface area (Å²) in [6.45, 7) is -0.140. The highest BCUT2D eigenvalue weighted by molar-refractivity contribution is 5.89. The van der Waals surface area contributed by atoms with Gasteiger partial charge in [0.2, 0.25) is 0 Å². The molecule has 4 aromatic rings. The first kappa shape index (κ1) is 24.3. The van der Waals surface area contributed by atoms with Gasteiger partial charge < -0.3 is 9.84 Å². The van der Waals surface area contributed by atoms with Crippen LogP contribution in [0.15, 0.2) is 76.3 Å². The monoisotopic (exact) mass is 484 g/mol. The van der Waals surface area contributed by atoms with Gasteiger partial charge in [-0.25, -0.2) is 4.79 Å². The van der Waals surface area contributed by atoms with Gasteiger partial charge in [0.1, 0.15) is 5.75 Å². The summed E-state index contributed by atoms with van der Waals surface area (Å²) < 4.78 is 45.0. The van der Waals surface area contributed by atoms with E-state index in [1.165, 1.54) is 22.8 Å². The standard InChI is InChI=1S/C26H23F3N2O4/c1-30-22-12-11-20(18-9-5-10-19(16-18)35-26(27,28)29)21(15-17-7-3-2-4-8-17)23(22)24(33)31(25(30)34)13-6-14-32/h2-5,7-12,16,32H,6,13-15H2,1H3. The number of nitrogens with zero attached hydrogens (tertiary/aromatic N) is 2. The molecule has 1 heterocycles. The van der Waals surface area contributed by atoms with Crippen molar-refractivity contribution in [1.82, 2.24) is 9.13 Å². The molecule has 35 heavy (non-hydrogen) atoms. The molecule has 0 fully saturated rings. The van der Waals surface area contributed by atoms with Gasteiger partial charge in [-0.1, -0.05) is 48.5 Å². The molecule has 0 unspecified atom stereocenters. The molecular formula is C26H23F3N2O4. The van der Waals surface area contributed by atoms with E-state index in [1.54, 1.807) is 25.2 Å². The van der Waals surface area contributed by atoms with Crippen molar-refractivity contribution < 1.29 is 23.0 Å². The maximum Gasteiger partial charge on any atom is 0.573 e. The number of hydrogen-bond donors (Lipinski definition) is 1. The van der Waals surface area contributed by atoms with Gasteiger partial charge in [0.25, 0.3) is 5.56 Å². The molecule has 0 saturated carbocycles. The highest BCUT2D eigenvalue weighted by Crippen LogP contribution is 2.33. The molecule has 1 N–H and O–H groups in total.